The van der Waals surface area contributed by atoms with Gasteiger partial charge in [-0.1, -0.05) is 119 Å². The van der Waals surface area contributed by atoms with Crippen molar-refractivity contribution in [3.8, 4) is 0 Å². The van der Waals surface area contributed by atoms with E-state index in [-0.39, 0.29) is 37.6 Å². The van der Waals surface area contributed by atoms with Crippen molar-refractivity contribution in [2.75, 3.05) is 19.6 Å². The summed E-state index contributed by atoms with van der Waals surface area (Å²) in [4.78, 5) is 15.7. The first-order valence-electron chi connectivity index (χ1n) is 24.7. The summed E-state index contributed by atoms with van der Waals surface area (Å²) in [5, 5.41) is 2.74. The van der Waals surface area contributed by atoms with Crippen molar-refractivity contribution in [3.05, 3.63) is 158 Å². The van der Waals surface area contributed by atoms with Crippen LogP contribution in [0.2, 0.25) is 0 Å². The topological polar surface area (TPSA) is 13.0 Å². The Morgan fingerprint density at radius 3 is 1.16 bits per heavy atom. The molecular weight excluding hydrogens is 895 g/mol. The van der Waals surface area contributed by atoms with E-state index in [1.165, 1.54) is 118 Å². The molecule has 13 rings (SSSR count). The maximum absolute atomic E-state index is 2.60. The highest BCUT2D eigenvalue weighted by atomic mass is 32.2. The zero-order valence-corrected chi connectivity index (χ0v) is 42.9. The van der Waals surface area contributed by atoms with Gasteiger partial charge < -0.3 is 19.6 Å². The van der Waals surface area contributed by atoms with Crippen LogP contribution in [0.15, 0.2) is 177 Å². The Hall–Kier alpha value is -5.99. The summed E-state index contributed by atoms with van der Waals surface area (Å²) >= 11 is 5.90. The van der Waals surface area contributed by atoms with Crippen molar-refractivity contribution in [2.45, 2.75) is 99.1 Å². The number of benzene rings is 8. The van der Waals surface area contributed by atoms with E-state index >= 15 is 0 Å². The Morgan fingerprint density at radius 2 is 0.768 bits per heavy atom. The summed E-state index contributed by atoms with van der Waals surface area (Å²) in [5.41, 5.74) is 18.7. The lowest BCUT2D eigenvalue weighted by Gasteiger charge is -2.43. The van der Waals surface area contributed by atoms with Gasteiger partial charge in [0.05, 0.1) is 0 Å². The molecule has 0 radical (unpaired) electrons. The minimum Gasteiger partial charge on any atom is -0.340 e. The first kappa shape index (κ1) is 43.1. The van der Waals surface area contributed by atoms with Crippen LogP contribution in [0.25, 0.3) is 20.2 Å². The number of hydrogen-bond donors (Lipinski definition) is 0. The average Bonchev–Trinajstić information content (AvgIpc) is 3.68. The van der Waals surface area contributed by atoms with Crippen molar-refractivity contribution < 1.29 is 0 Å². The molecule has 0 saturated heterocycles. The number of nitrogens with zero attached hydrogens (tertiary/aromatic N) is 4. The molecule has 4 nitrogen and oxygen atoms in total. The Labute approximate surface area is 420 Å². The molecule has 5 heterocycles. The van der Waals surface area contributed by atoms with Gasteiger partial charge in [0, 0.05) is 98.6 Å². The van der Waals surface area contributed by atoms with E-state index in [9.17, 15) is 0 Å². The molecule has 9 heteroatoms. The van der Waals surface area contributed by atoms with E-state index in [2.05, 4.69) is 233 Å². The molecule has 0 spiro atoms. The van der Waals surface area contributed by atoms with Crippen LogP contribution in [0.5, 0.6) is 0 Å². The highest BCUT2D eigenvalue weighted by molar-refractivity contribution is 8.00. The number of hydrogen-bond acceptors (Lipinski definition) is 7. The minimum atomic E-state index is 0.125. The lowest BCUT2D eigenvalue weighted by molar-refractivity contribution is 0.779. The lowest BCUT2D eigenvalue weighted by Crippen LogP contribution is -2.61. The molecule has 69 heavy (non-hydrogen) atoms. The number of rotatable bonds is 8. The summed E-state index contributed by atoms with van der Waals surface area (Å²) in [6.07, 6.45) is 0. The van der Waals surface area contributed by atoms with Gasteiger partial charge in [-0.15, -0.1) is 11.3 Å². The van der Waals surface area contributed by atoms with Gasteiger partial charge in [0.2, 0.25) is 13.4 Å². The minimum absolute atomic E-state index is 0.125. The van der Waals surface area contributed by atoms with Gasteiger partial charge in [-0.3, -0.25) is 0 Å². The molecule has 0 saturated carbocycles. The fourth-order valence-corrected chi connectivity index (χ4v) is 16.0. The third-order valence-corrected chi connectivity index (χ3v) is 18.2. The summed E-state index contributed by atoms with van der Waals surface area (Å²) in [7, 11) is 0. The van der Waals surface area contributed by atoms with Gasteiger partial charge >= 0.3 is 0 Å². The zero-order valence-electron chi connectivity index (χ0n) is 40.5. The van der Waals surface area contributed by atoms with Crippen LogP contribution < -0.4 is 52.4 Å². The fourth-order valence-electron chi connectivity index (χ4n) is 12.2. The zero-order chi connectivity index (χ0) is 47.0. The quantitative estimate of drug-likeness (QED) is 0.140. The third-order valence-electron chi connectivity index (χ3n) is 14.8. The second-order valence-corrected chi connectivity index (χ2v) is 23.6. The maximum Gasteiger partial charge on any atom is 0.249 e. The van der Waals surface area contributed by atoms with E-state index < -0.39 is 0 Å². The van der Waals surface area contributed by atoms with Gasteiger partial charge in [0.1, 0.15) is 0 Å². The highest BCUT2D eigenvalue weighted by Gasteiger charge is 2.44. The van der Waals surface area contributed by atoms with Gasteiger partial charge in [-0.2, -0.15) is 0 Å². The molecule has 338 valence electrons. The summed E-state index contributed by atoms with van der Waals surface area (Å²) < 4.78 is 2.71. The molecule has 4 aliphatic rings. The van der Waals surface area contributed by atoms with Crippen molar-refractivity contribution in [1.82, 2.24) is 0 Å². The van der Waals surface area contributed by atoms with Gasteiger partial charge in [-0.25, -0.2) is 0 Å². The van der Waals surface area contributed by atoms with E-state index in [1.807, 2.05) is 34.9 Å². The Balaban J connectivity index is 1.00. The summed E-state index contributed by atoms with van der Waals surface area (Å²) in [5.74, 6) is 0. The van der Waals surface area contributed by atoms with Crippen molar-refractivity contribution in [1.29, 1.82) is 0 Å². The first-order valence-corrected chi connectivity index (χ1v) is 27.2. The number of anilines is 8. The molecule has 8 aromatic carbocycles. The molecule has 0 fully saturated rings. The number of thiophene rings is 1. The molecule has 0 atom stereocenters. The van der Waals surface area contributed by atoms with Gasteiger partial charge in [0.15, 0.2) is 0 Å². The summed E-state index contributed by atoms with van der Waals surface area (Å²) in [6, 6.07) is 61.6. The van der Waals surface area contributed by atoms with E-state index in [0.717, 1.165) is 0 Å². The van der Waals surface area contributed by atoms with Crippen molar-refractivity contribution in [2.24, 2.45) is 0 Å². The standard InChI is InChI=1S/C60H54B2N4S3/c1-35(2)63(39-19-11-9-12-20-39)41-27-51-59-57(29-41)68-55-33-53-43(31-47(55)61(59)45-23-15-17-25-49(45)65(51)37(5)6)44-32-48-56(34-54(44)67-53)69-58-30-42(64(36(3)4)40-21-13-10-14-22-40)28-52-60(58)62(48)46-24-16-18-26-50(46)66(52)38(7)8/h9-38H,1-8H3. The SMILES string of the molecule is CC(C)N(c1ccccc1)c1cc2c3c(c1)N(C(C)C)c1ccccc1B3c1cc3c(cc1S2)sc1cc2c(cc13)B1c3ccccc3N(C(C)C)c3cc(N(c4ccccc4)C(C)C)cc(c31)S2. The van der Waals surface area contributed by atoms with Crippen LogP contribution >= 0.6 is 34.9 Å². The van der Waals surface area contributed by atoms with Crippen molar-refractivity contribution >= 4 is 147 Å². The molecule has 4 aliphatic heterocycles. The molecule has 9 aromatic rings. The van der Waals surface area contributed by atoms with Crippen LogP contribution in [0, 0.1) is 0 Å². The second-order valence-electron chi connectivity index (χ2n) is 20.3. The second kappa shape index (κ2) is 16.3. The molecule has 0 unspecified atom stereocenters. The van der Waals surface area contributed by atoms with E-state index in [0.29, 0.717) is 0 Å². The molecule has 1 aromatic heterocycles. The molecule has 0 aliphatic carbocycles. The lowest BCUT2D eigenvalue weighted by atomic mass is 9.34. The van der Waals surface area contributed by atoms with Gasteiger partial charge in [0.25, 0.3) is 0 Å². The van der Waals surface area contributed by atoms with Crippen LogP contribution in [-0.4, -0.2) is 37.6 Å². The molecule has 0 N–H and O–H groups in total. The third kappa shape index (κ3) is 6.60. The average molecular weight is 949 g/mol. The molecule has 0 bridgehead atoms. The van der Waals surface area contributed by atoms with Crippen molar-refractivity contribution in [3.63, 3.8) is 0 Å². The first-order chi connectivity index (χ1) is 33.5. The molecular formula is C60H54B2N4S3. The molecule has 0 amide bonds. The largest absolute Gasteiger partial charge is 0.340 e. The fraction of sp³-hybridized carbons (Fsp3) is 0.200. The Kier molecular flexibility index (Phi) is 10.2. The number of para-hydroxylation sites is 4. The number of fused-ring (bicyclic) bond motifs is 11. The van der Waals surface area contributed by atoms with E-state index in [4.69, 9.17) is 0 Å². The van der Waals surface area contributed by atoms with Crippen LogP contribution in [0.1, 0.15) is 55.4 Å². The predicted molar refractivity (Wildman–Crippen MR) is 305 cm³/mol. The van der Waals surface area contributed by atoms with Crippen LogP contribution in [-0.2, 0) is 0 Å². The predicted octanol–water partition coefficient (Wildman–Crippen LogP) is 12.8. The Bertz CT molecular complexity index is 3300. The monoisotopic (exact) mass is 948 g/mol. The van der Waals surface area contributed by atoms with Crippen LogP contribution in [0.3, 0.4) is 0 Å². The van der Waals surface area contributed by atoms with Gasteiger partial charge in [-0.05, 0) is 161 Å². The summed E-state index contributed by atoms with van der Waals surface area (Å²) in [6.45, 7) is 18.8. The maximum atomic E-state index is 2.60. The normalized spacial score (nSPS) is 14.1. The highest BCUT2D eigenvalue weighted by Crippen LogP contribution is 2.48. The van der Waals surface area contributed by atoms with Crippen LogP contribution in [0.4, 0.5) is 45.5 Å². The Morgan fingerprint density at radius 1 is 0.377 bits per heavy atom. The van der Waals surface area contributed by atoms with E-state index in [1.54, 1.807) is 0 Å². The smallest absolute Gasteiger partial charge is 0.249 e.